The van der Waals surface area contributed by atoms with Gasteiger partial charge in [-0.1, -0.05) is 13.8 Å². The molecule has 84 valence electrons. The second kappa shape index (κ2) is 4.67. The molecule has 15 heavy (non-hydrogen) atoms. The van der Waals surface area contributed by atoms with Crippen molar-refractivity contribution in [3.8, 4) is 0 Å². The third-order valence-electron chi connectivity index (χ3n) is 2.01. The topological polar surface area (TPSA) is 50.3 Å². The molecule has 0 atom stereocenters. The second-order valence-electron chi connectivity index (χ2n) is 2.88. The maximum Gasteiger partial charge on any atom is 0.263 e. The maximum absolute atomic E-state index is 13.2. The molecule has 0 saturated carbocycles. The molecule has 0 fully saturated rings. The Bertz CT molecular complexity index is 429. The van der Waals surface area contributed by atoms with Crippen molar-refractivity contribution in [1.82, 2.24) is 9.29 Å². The Morgan fingerprint density at radius 3 is 2.47 bits per heavy atom. The lowest BCUT2D eigenvalue weighted by Gasteiger charge is -2.17. The highest BCUT2D eigenvalue weighted by Gasteiger charge is 2.26. The van der Waals surface area contributed by atoms with E-state index in [4.69, 9.17) is 0 Å². The number of halogens is 1. The molecule has 0 saturated heterocycles. The maximum atomic E-state index is 13.2. The van der Waals surface area contributed by atoms with Crippen LogP contribution in [0, 0.1) is 5.82 Å². The highest BCUT2D eigenvalue weighted by Crippen LogP contribution is 2.15. The molecular formula is C9H13FN2O2S. The monoisotopic (exact) mass is 232 g/mol. The average molecular weight is 232 g/mol. The molecule has 1 aromatic heterocycles. The summed E-state index contributed by atoms with van der Waals surface area (Å²) in [6, 6.07) is 2.44. The highest BCUT2D eigenvalue weighted by molar-refractivity contribution is 7.89. The minimum Gasteiger partial charge on any atom is -0.241 e. The van der Waals surface area contributed by atoms with Crippen molar-refractivity contribution in [2.24, 2.45) is 0 Å². The van der Waals surface area contributed by atoms with Crippen LogP contribution in [0.25, 0.3) is 0 Å². The van der Waals surface area contributed by atoms with Gasteiger partial charge in [0.05, 0.1) is 0 Å². The SMILES string of the molecule is CCN(CC)S(=O)(=O)c1ncccc1F. The Labute approximate surface area is 88.8 Å². The summed E-state index contributed by atoms with van der Waals surface area (Å²) in [6.07, 6.45) is 1.26. The van der Waals surface area contributed by atoms with Crippen LogP contribution in [-0.2, 0) is 10.0 Å². The van der Waals surface area contributed by atoms with E-state index in [-0.39, 0.29) is 0 Å². The molecule has 0 bridgehead atoms. The molecule has 0 aliphatic rings. The zero-order valence-electron chi connectivity index (χ0n) is 8.64. The zero-order chi connectivity index (χ0) is 11.5. The molecule has 0 N–H and O–H groups in total. The van der Waals surface area contributed by atoms with Crippen LogP contribution >= 0.6 is 0 Å². The fraction of sp³-hybridized carbons (Fsp3) is 0.444. The first-order valence-electron chi connectivity index (χ1n) is 4.64. The van der Waals surface area contributed by atoms with Crippen LogP contribution in [0.1, 0.15) is 13.8 Å². The Morgan fingerprint density at radius 1 is 1.40 bits per heavy atom. The molecule has 0 radical (unpaired) electrons. The molecule has 0 aliphatic heterocycles. The van der Waals surface area contributed by atoms with Crippen LogP contribution in [0.5, 0.6) is 0 Å². The van der Waals surface area contributed by atoms with E-state index in [0.29, 0.717) is 13.1 Å². The van der Waals surface area contributed by atoms with Crippen LogP contribution in [0.15, 0.2) is 23.4 Å². The third-order valence-corrected chi connectivity index (χ3v) is 4.00. The molecule has 1 aromatic rings. The molecular weight excluding hydrogens is 219 g/mol. The first-order valence-corrected chi connectivity index (χ1v) is 6.08. The zero-order valence-corrected chi connectivity index (χ0v) is 9.46. The smallest absolute Gasteiger partial charge is 0.241 e. The molecule has 1 rings (SSSR count). The van der Waals surface area contributed by atoms with Gasteiger partial charge in [0.2, 0.25) is 5.03 Å². The predicted octanol–water partition coefficient (Wildman–Crippen LogP) is 1.25. The Hall–Kier alpha value is -1.01. The Kier molecular flexibility index (Phi) is 3.76. The number of hydrogen-bond donors (Lipinski definition) is 0. The van der Waals surface area contributed by atoms with Gasteiger partial charge in [-0.05, 0) is 12.1 Å². The van der Waals surface area contributed by atoms with Crippen molar-refractivity contribution in [3.63, 3.8) is 0 Å². The van der Waals surface area contributed by atoms with Gasteiger partial charge in [0.15, 0.2) is 5.82 Å². The van der Waals surface area contributed by atoms with Crippen molar-refractivity contribution in [3.05, 3.63) is 24.1 Å². The summed E-state index contributed by atoms with van der Waals surface area (Å²) >= 11 is 0. The number of sulfonamides is 1. The summed E-state index contributed by atoms with van der Waals surface area (Å²) in [4.78, 5) is 3.56. The van der Waals surface area contributed by atoms with Gasteiger partial charge in [0.25, 0.3) is 10.0 Å². The van der Waals surface area contributed by atoms with Crippen LogP contribution in [0.4, 0.5) is 4.39 Å². The number of aromatic nitrogens is 1. The van der Waals surface area contributed by atoms with Crippen molar-refractivity contribution < 1.29 is 12.8 Å². The minimum absolute atomic E-state index is 0.300. The van der Waals surface area contributed by atoms with Gasteiger partial charge in [0, 0.05) is 19.3 Å². The summed E-state index contributed by atoms with van der Waals surface area (Å²) < 4.78 is 38.1. The first kappa shape index (κ1) is 12.1. The van der Waals surface area contributed by atoms with Crippen LogP contribution < -0.4 is 0 Å². The molecule has 0 aliphatic carbocycles. The van der Waals surface area contributed by atoms with E-state index in [2.05, 4.69) is 4.98 Å². The predicted molar refractivity (Wildman–Crippen MR) is 54.3 cm³/mol. The quantitative estimate of drug-likeness (QED) is 0.785. The number of hydrogen-bond acceptors (Lipinski definition) is 3. The second-order valence-corrected chi connectivity index (χ2v) is 4.73. The van der Waals surface area contributed by atoms with Gasteiger partial charge in [0.1, 0.15) is 0 Å². The van der Waals surface area contributed by atoms with Crippen molar-refractivity contribution in [1.29, 1.82) is 0 Å². The van der Waals surface area contributed by atoms with Crippen molar-refractivity contribution in [2.45, 2.75) is 18.9 Å². The molecule has 4 nitrogen and oxygen atoms in total. The van der Waals surface area contributed by atoms with E-state index in [1.807, 2.05) is 0 Å². The standard InChI is InChI=1S/C9H13FN2O2S/c1-3-12(4-2)15(13,14)9-8(10)6-5-7-11-9/h5-7H,3-4H2,1-2H3. The van der Waals surface area contributed by atoms with Gasteiger partial charge >= 0.3 is 0 Å². The molecule has 0 aromatic carbocycles. The van der Waals surface area contributed by atoms with E-state index in [1.54, 1.807) is 13.8 Å². The average Bonchev–Trinajstić information content (AvgIpc) is 2.19. The van der Waals surface area contributed by atoms with E-state index >= 15 is 0 Å². The Balaban J connectivity index is 3.23. The van der Waals surface area contributed by atoms with Crippen LogP contribution in [-0.4, -0.2) is 30.8 Å². The van der Waals surface area contributed by atoms with Crippen LogP contribution in [0.2, 0.25) is 0 Å². The molecule has 0 amide bonds. The lowest BCUT2D eigenvalue weighted by Crippen LogP contribution is -2.31. The Morgan fingerprint density at radius 2 is 2.00 bits per heavy atom. The highest BCUT2D eigenvalue weighted by atomic mass is 32.2. The lowest BCUT2D eigenvalue weighted by atomic mass is 10.5. The van der Waals surface area contributed by atoms with E-state index in [0.717, 1.165) is 6.07 Å². The van der Waals surface area contributed by atoms with E-state index in [1.165, 1.54) is 16.6 Å². The molecule has 1 heterocycles. The summed E-state index contributed by atoms with van der Waals surface area (Å²) in [5.74, 6) is -0.815. The van der Waals surface area contributed by atoms with Crippen molar-refractivity contribution >= 4 is 10.0 Å². The van der Waals surface area contributed by atoms with Crippen molar-refractivity contribution in [2.75, 3.05) is 13.1 Å². The lowest BCUT2D eigenvalue weighted by molar-refractivity contribution is 0.435. The summed E-state index contributed by atoms with van der Waals surface area (Å²) in [6.45, 7) is 3.99. The summed E-state index contributed by atoms with van der Waals surface area (Å²) in [5.41, 5.74) is 0. The summed E-state index contributed by atoms with van der Waals surface area (Å²) in [7, 11) is -3.78. The van der Waals surface area contributed by atoms with Crippen LogP contribution in [0.3, 0.4) is 0 Å². The minimum atomic E-state index is -3.78. The van der Waals surface area contributed by atoms with Gasteiger partial charge in [-0.2, -0.15) is 4.31 Å². The molecule has 0 unspecified atom stereocenters. The normalized spacial score (nSPS) is 12.0. The number of nitrogens with zero attached hydrogens (tertiary/aromatic N) is 2. The number of pyridine rings is 1. The largest absolute Gasteiger partial charge is 0.263 e. The third kappa shape index (κ3) is 2.32. The van der Waals surface area contributed by atoms with E-state index in [9.17, 15) is 12.8 Å². The van der Waals surface area contributed by atoms with Gasteiger partial charge in [-0.3, -0.25) is 0 Å². The van der Waals surface area contributed by atoms with E-state index < -0.39 is 20.9 Å². The fourth-order valence-corrected chi connectivity index (χ4v) is 2.68. The van der Waals surface area contributed by atoms with Gasteiger partial charge in [-0.25, -0.2) is 17.8 Å². The molecule has 0 spiro atoms. The number of rotatable bonds is 4. The van der Waals surface area contributed by atoms with Gasteiger partial charge < -0.3 is 0 Å². The summed E-state index contributed by atoms with van der Waals surface area (Å²) in [5, 5.41) is -0.506. The molecule has 6 heteroatoms. The fourth-order valence-electron chi connectivity index (χ4n) is 1.25. The van der Waals surface area contributed by atoms with Gasteiger partial charge in [-0.15, -0.1) is 0 Å². The first-order chi connectivity index (χ1) is 7.04.